The van der Waals surface area contributed by atoms with E-state index in [-0.39, 0.29) is 18.3 Å². The van der Waals surface area contributed by atoms with Crippen molar-refractivity contribution in [3.8, 4) is 17.5 Å². The van der Waals surface area contributed by atoms with Gasteiger partial charge in [-0.15, -0.1) is 10.2 Å². The summed E-state index contributed by atoms with van der Waals surface area (Å²) >= 11 is 0. The summed E-state index contributed by atoms with van der Waals surface area (Å²) in [5.74, 6) is -0.365. The molecule has 0 N–H and O–H groups in total. The molecule has 1 amide bonds. The quantitative estimate of drug-likeness (QED) is 0.848. The minimum Gasteiger partial charge on any atom is -0.326 e. The molecule has 0 unspecified atom stereocenters. The Kier molecular flexibility index (Phi) is 4.17. The number of hydrogen-bond donors (Lipinski definition) is 0. The topological polar surface area (TPSA) is 87.7 Å². The first kappa shape index (κ1) is 15.6. The predicted octanol–water partition coefficient (Wildman–Crippen LogP) is 1.24. The van der Waals surface area contributed by atoms with Crippen LogP contribution in [0.5, 0.6) is 0 Å². The molecular formula is C14H15FN6O. The number of hydrogen-bond acceptors (Lipinski definition) is 5. The van der Waals surface area contributed by atoms with E-state index < -0.39 is 5.54 Å². The maximum atomic E-state index is 12.9. The Morgan fingerprint density at radius 1 is 1.41 bits per heavy atom. The van der Waals surface area contributed by atoms with Gasteiger partial charge < -0.3 is 4.90 Å². The number of halogens is 1. The number of carbonyl (C=O) groups is 1. The molecule has 1 aromatic carbocycles. The molecule has 2 aromatic rings. The number of tetrazole rings is 1. The highest BCUT2D eigenvalue weighted by molar-refractivity contribution is 5.76. The van der Waals surface area contributed by atoms with Gasteiger partial charge in [0.25, 0.3) is 0 Å². The number of carbonyl (C=O) groups excluding carboxylic acids is 1. The molecule has 2 rings (SSSR count). The second-order valence-electron chi connectivity index (χ2n) is 5.27. The van der Waals surface area contributed by atoms with Crippen LogP contribution in [0.4, 0.5) is 4.39 Å². The van der Waals surface area contributed by atoms with Crippen LogP contribution in [0.1, 0.15) is 13.8 Å². The molecule has 0 aliphatic heterocycles. The first-order valence-electron chi connectivity index (χ1n) is 6.55. The van der Waals surface area contributed by atoms with E-state index in [4.69, 9.17) is 5.26 Å². The van der Waals surface area contributed by atoms with E-state index in [1.165, 1.54) is 29.2 Å². The van der Waals surface area contributed by atoms with Crippen molar-refractivity contribution in [1.29, 1.82) is 5.26 Å². The third-order valence-corrected chi connectivity index (χ3v) is 3.32. The molecule has 0 bridgehead atoms. The summed E-state index contributed by atoms with van der Waals surface area (Å²) in [4.78, 5) is 14.6. The van der Waals surface area contributed by atoms with Crippen LogP contribution < -0.4 is 0 Å². The SMILES string of the molecule is CN(C(=O)Cn1nnc(-c2ccc(F)cc2)n1)C(C)(C)C#N. The molecule has 0 atom stereocenters. The van der Waals surface area contributed by atoms with Gasteiger partial charge in [0.2, 0.25) is 11.7 Å². The molecule has 0 aliphatic carbocycles. The molecule has 22 heavy (non-hydrogen) atoms. The van der Waals surface area contributed by atoms with Crippen LogP contribution in [-0.2, 0) is 11.3 Å². The fourth-order valence-electron chi connectivity index (χ4n) is 1.64. The van der Waals surface area contributed by atoms with Gasteiger partial charge in [0.15, 0.2) is 0 Å². The van der Waals surface area contributed by atoms with Gasteiger partial charge in [0, 0.05) is 12.6 Å². The van der Waals surface area contributed by atoms with Crippen LogP contribution in [0.15, 0.2) is 24.3 Å². The molecule has 1 aromatic heterocycles. The van der Waals surface area contributed by atoms with Crippen LogP contribution in [0.3, 0.4) is 0 Å². The Balaban J connectivity index is 2.11. The number of benzene rings is 1. The van der Waals surface area contributed by atoms with Crippen molar-refractivity contribution in [2.24, 2.45) is 0 Å². The largest absolute Gasteiger partial charge is 0.326 e. The molecule has 0 saturated heterocycles. The van der Waals surface area contributed by atoms with E-state index in [1.54, 1.807) is 20.9 Å². The Hall–Kier alpha value is -2.82. The monoisotopic (exact) mass is 302 g/mol. The number of rotatable bonds is 4. The summed E-state index contributed by atoms with van der Waals surface area (Å²) in [6.45, 7) is 3.16. The summed E-state index contributed by atoms with van der Waals surface area (Å²) < 4.78 is 12.9. The standard InChI is InChI=1S/C14H15FN6O/c1-14(2,9-16)20(3)12(22)8-21-18-13(17-19-21)10-4-6-11(15)7-5-10/h4-7H,8H2,1-3H3. The summed E-state index contributed by atoms with van der Waals surface area (Å²) in [6.07, 6.45) is 0. The van der Waals surface area contributed by atoms with Crippen molar-refractivity contribution in [1.82, 2.24) is 25.1 Å². The Morgan fingerprint density at radius 2 is 2.05 bits per heavy atom. The number of nitrogens with zero attached hydrogens (tertiary/aromatic N) is 6. The summed E-state index contributed by atoms with van der Waals surface area (Å²) in [5, 5.41) is 20.7. The lowest BCUT2D eigenvalue weighted by Crippen LogP contribution is -2.45. The molecule has 114 valence electrons. The Bertz CT molecular complexity index is 716. The lowest BCUT2D eigenvalue weighted by atomic mass is 10.1. The number of likely N-dealkylation sites (N-methyl/N-ethyl adjacent to an activating group) is 1. The van der Waals surface area contributed by atoms with Gasteiger partial charge in [-0.1, -0.05) is 0 Å². The fourth-order valence-corrected chi connectivity index (χ4v) is 1.64. The zero-order valence-electron chi connectivity index (χ0n) is 12.5. The van der Waals surface area contributed by atoms with E-state index >= 15 is 0 Å². The van der Waals surface area contributed by atoms with Crippen molar-refractivity contribution >= 4 is 5.91 Å². The summed E-state index contributed by atoms with van der Waals surface area (Å²) in [6, 6.07) is 7.70. The Labute approximate surface area is 127 Å². The molecule has 1 heterocycles. The van der Waals surface area contributed by atoms with E-state index in [2.05, 4.69) is 15.4 Å². The first-order chi connectivity index (χ1) is 10.3. The lowest BCUT2D eigenvalue weighted by Gasteiger charge is -2.28. The van der Waals surface area contributed by atoms with Crippen molar-refractivity contribution in [2.75, 3.05) is 7.05 Å². The fraction of sp³-hybridized carbons (Fsp3) is 0.357. The number of aromatic nitrogens is 4. The zero-order chi connectivity index (χ0) is 16.3. The predicted molar refractivity (Wildman–Crippen MR) is 75.7 cm³/mol. The van der Waals surface area contributed by atoms with E-state index in [0.717, 1.165) is 4.80 Å². The van der Waals surface area contributed by atoms with Gasteiger partial charge in [-0.3, -0.25) is 4.79 Å². The lowest BCUT2D eigenvalue weighted by molar-refractivity contribution is -0.134. The smallest absolute Gasteiger partial charge is 0.247 e. The highest BCUT2D eigenvalue weighted by Crippen LogP contribution is 2.14. The highest BCUT2D eigenvalue weighted by atomic mass is 19.1. The van der Waals surface area contributed by atoms with Gasteiger partial charge in [0.1, 0.15) is 17.9 Å². The molecule has 0 radical (unpaired) electrons. The maximum Gasteiger partial charge on any atom is 0.247 e. The minimum absolute atomic E-state index is 0.129. The van der Waals surface area contributed by atoms with Crippen molar-refractivity contribution in [2.45, 2.75) is 25.9 Å². The van der Waals surface area contributed by atoms with Crippen LogP contribution in [0.25, 0.3) is 11.4 Å². The third-order valence-electron chi connectivity index (χ3n) is 3.32. The van der Waals surface area contributed by atoms with Gasteiger partial charge in [-0.2, -0.15) is 10.1 Å². The van der Waals surface area contributed by atoms with Gasteiger partial charge >= 0.3 is 0 Å². The van der Waals surface area contributed by atoms with Gasteiger partial charge in [-0.25, -0.2) is 4.39 Å². The van der Waals surface area contributed by atoms with Crippen LogP contribution in [-0.4, -0.2) is 43.6 Å². The summed E-state index contributed by atoms with van der Waals surface area (Å²) in [7, 11) is 1.55. The zero-order valence-corrected chi connectivity index (χ0v) is 12.5. The second kappa shape index (κ2) is 5.89. The average molecular weight is 302 g/mol. The Morgan fingerprint density at radius 3 is 2.64 bits per heavy atom. The molecule has 8 heteroatoms. The first-order valence-corrected chi connectivity index (χ1v) is 6.55. The van der Waals surface area contributed by atoms with Crippen LogP contribution in [0, 0.1) is 17.1 Å². The second-order valence-corrected chi connectivity index (χ2v) is 5.27. The highest BCUT2D eigenvalue weighted by Gasteiger charge is 2.27. The number of nitriles is 1. The average Bonchev–Trinajstić information content (AvgIpc) is 2.95. The van der Waals surface area contributed by atoms with Gasteiger partial charge in [0.05, 0.1) is 6.07 Å². The molecule has 0 aliphatic rings. The summed E-state index contributed by atoms with van der Waals surface area (Å²) in [5.41, 5.74) is -0.317. The molecule has 7 nitrogen and oxygen atoms in total. The van der Waals surface area contributed by atoms with Crippen LogP contribution in [0.2, 0.25) is 0 Å². The molecule has 0 saturated carbocycles. The van der Waals surface area contributed by atoms with E-state index in [9.17, 15) is 9.18 Å². The van der Waals surface area contributed by atoms with Crippen molar-refractivity contribution in [3.63, 3.8) is 0 Å². The molecular weight excluding hydrogens is 287 g/mol. The minimum atomic E-state index is -0.919. The van der Waals surface area contributed by atoms with Crippen LogP contribution >= 0.6 is 0 Å². The third kappa shape index (κ3) is 3.25. The maximum absolute atomic E-state index is 12.9. The van der Waals surface area contributed by atoms with Crippen molar-refractivity contribution in [3.05, 3.63) is 30.1 Å². The molecule has 0 spiro atoms. The number of amides is 1. The van der Waals surface area contributed by atoms with E-state index in [0.29, 0.717) is 11.4 Å². The normalized spacial score (nSPS) is 11.0. The molecule has 0 fully saturated rings. The van der Waals surface area contributed by atoms with Gasteiger partial charge in [-0.05, 0) is 43.3 Å². The van der Waals surface area contributed by atoms with Crippen molar-refractivity contribution < 1.29 is 9.18 Å². The van der Waals surface area contributed by atoms with E-state index in [1.807, 2.05) is 6.07 Å².